The lowest BCUT2D eigenvalue weighted by Gasteiger charge is -2.02. The topological polar surface area (TPSA) is 13.1 Å². The minimum absolute atomic E-state index is 0.0741. The molecule has 1 heterocycles. The summed E-state index contributed by atoms with van der Waals surface area (Å²) in [5.74, 6) is 0.213. The molecule has 1 aromatic heterocycles. The van der Waals surface area contributed by atoms with Gasteiger partial charge in [0.05, 0.1) is 5.56 Å². The van der Waals surface area contributed by atoms with E-state index in [2.05, 4.69) is 0 Å². The third kappa shape index (κ3) is 1.56. The first-order valence-electron chi connectivity index (χ1n) is 3.05. The van der Waals surface area contributed by atoms with Crippen LogP contribution in [0.15, 0.2) is 10.5 Å². The van der Waals surface area contributed by atoms with E-state index in [-0.39, 0.29) is 11.5 Å². The van der Waals surface area contributed by atoms with Crippen LogP contribution in [-0.2, 0) is 6.18 Å². The number of alkyl halides is 3. The van der Waals surface area contributed by atoms with Crippen LogP contribution in [0.5, 0.6) is 0 Å². The first-order chi connectivity index (χ1) is 4.91. The van der Waals surface area contributed by atoms with Gasteiger partial charge in [0.25, 0.3) is 0 Å². The first kappa shape index (κ1) is 8.17. The van der Waals surface area contributed by atoms with E-state index in [4.69, 9.17) is 4.42 Å². The van der Waals surface area contributed by atoms with E-state index in [1.54, 1.807) is 0 Å². The van der Waals surface area contributed by atoms with Crippen LogP contribution in [0, 0.1) is 13.8 Å². The van der Waals surface area contributed by atoms with Crippen LogP contribution in [0.4, 0.5) is 13.2 Å². The molecule has 0 N–H and O–H groups in total. The van der Waals surface area contributed by atoms with E-state index >= 15 is 0 Å². The van der Waals surface area contributed by atoms with Crippen molar-refractivity contribution in [2.24, 2.45) is 0 Å². The van der Waals surface area contributed by atoms with Crippen LogP contribution in [-0.4, -0.2) is 0 Å². The summed E-state index contributed by atoms with van der Waals surface area (Å²) < 4.78 is 40.7. The number of hydrogen-bond donors (Lipinski definition) is 0. The maximum Gasteiger partial charge on any atom is 0.419 e. The smallest absolute Gasteiger partial charge is 0.419 e. The van der Waals surface area contributed by atoms with Gasteiger partial charge in [-0.25, -0.2) is 0 Å². The van der Waals surface area contributed by atoms with Gasteiger partial charge in [0, 0.05) is 0 Å². The molecule has 1 rings (SSSR count). The standard InChI is InChI=1S/C7H7F3O/c1-4-3-6(5(2)11-4)7(8,9)10/h3H,1-2H3. The molecule has 0 saturated heterocycles. The summed E-state index contributed by atoms with van der Waals surface area (Å²) in [4.78, 5) is 0. The Morgan fingerprint density at radius 1 is 1.27 bits per heavy atom. The lowest BCUT2D eigenvalue weighted by atomic mass is 10.2. The molecule has 0 bridgehead atoms. The number of hydrogen-bond acceptors (Lipinski definition) is 1. The van der Waals surface area contributed by atoms with Crippen molar-refractivity contribution in [1.82, 2.24) is 0 Å². The number of rotatable bonds is 0. The Morgan fingerprint density at radius 3 is 2.00 bits per heavy atom. The summed E-state index contributed by atoms with van der Waals surface area (Å²) in [5.41, 5.74) is -0.685. The van der Waals surface area contributed by atoms with Crippen LogP contribution in [0.3, 0.4) is 0 Å². The third-order valence-electron chi connectivity index (χ3n) is 1.35. The van der Waals surface area contributed by atoms with Crippen LogP contribution in [0.25, 0.3) is 0 Å². The van der Waals surface area contributed by atoms with E-state index < -0.39 is 11.7 Å². The molecule has 0 aliphatic carbocycles. The second kappa shape index (κ2) is 2.29. The Balaban J connectivity index is 3.13. The van der Waals surface area contributed by atoms with Crippen molar-refractivity contribution in [3.8, 4) is 0 Å². The molecule has 0 radical (unpaired) electrons. The van der Waals surface area contributed by atoms with E-state index in [1.807, 2.05) is 0 Å². The summed E-state index contributed by atoms with van der Waals surface area (Å²) >= 11 is 0. The number of aryl methyl sites for hydroxylation is 2. The Morgan fingerprint density at radius 2 is 1.82 bits per heavy atom. The van der Waals surface area contributed by atoms with Crippen molar-refractivity contribution in [2.75, 3.05) is 0 Å². The summed E-state index contributed by atoms with van der Waals surface area (Å²) in [5, 5.41) is 0. The molecular formula is C7H7F3O. The fourth-order valence-corrected chi connectivity index (χ4v) is 0.912. The Hall–Kier alpha value is -0.930. The van der Waals surface area contributed by atoms with Gasteiger partial charge >= 0.3 is 6.18 Å². The van der Waals surface area contributed by atoms with Crippen molar-refractivity contribution in [2.45, 2.75) is 20.0 Å². The first-order valence-corrected chi connectivity index (χ1v) is 3.05. The van der Waals surface area contributed by atoms with Gasteiger partial charge in [0.1, 0.15) is 11.5 Å². The highest BCUT2D eigenvalue weighted by molar-refractivity contribution is 5.22. The van der Waals surface area contributed by atoms with Crippen LogP contribution < -0.4 is 0 Å². The van der Waals surface area contributed by atoms with Gasteiger partial charge < -0.3 is 4.42 Å². The minimum atomic E-state index is -4.29. The van der Waals surface area contributed by atoms with Gasteiger partial charge in [-0.1, -0.05) is 0 Å². The highest BCUT2D eigenvalue weighted by Crippen LogP contribution is 2.33. The highest BCUT2D eigenvalue weighted by Gasteiger charge is 2.34. The van der Waals surface area contributed by atoms with Crippen LogP contribution in [0.1, 0.15) is 17.1 Å². The van der Waals surface area contributed by atoms with Gasteiger partial charge in [-0.15, -0.1) is 0 Å². The average Bonchev–Trinajstić information content (AvgIpc) is 2.08. The Bertz CT molecular complexity index is 259. The Labute approximate surface area is 61.8 Å². The lowest BCUT2D eigenvalue weighted by molar-refractivity contribution is -0.138. The lowest BCUT2D eigenvalue weighted by Crippen LogP contribution is -2.04. The van der Waals surface area contributed by atoms with E-state index in [9.17, 15) is 13.2 Å². The maximum absolute atomic E-state index is 12.0. The normalized spacial score (nSPS) is 12.1. The highest BCUT2D eigenvalue weighted by atomic mass is 19.4. The van der Waals surface area contributed by atoms with Crippen molar-refractivity contribution in [3.63, 3.8) is 0 Å². The van der Waals surface area contributed by atoms with Crippen LogP contribution >= 0.6 is 0 Å². The maximum atomic E-state index is 12.0. The monoisotopic (exact) mass is 164 g/mol. The predicted octanol–water partition coefficient (Wildman–Crippen LogP) is 2.92. The van der Waals surface area contributed by atoms with Crippen molar-refractivity contribution in [1.29, 1.82) is 0 Å². The second-order valence-corrected chi connectivity index (χ2v) is 2.32. The molecule has 11 heavy (non-hydrogen) atoms. The molecule has 0 aliphatic rings. The van der Waals surface area contributed by atoms with Gasteiger partial charge in [0.15, 0.2) is 0 Å². The summed E-state index contributed by atoms with van der Waals surface area (Å²) in [7, 11) is 0. The van der Waals surface area contributed by atoms with E-state index in [0.717, 1.165) is 6.07 Å². The van der Waals surface area contributed by atoms with Gasteiger partial charge in [-0.3, -0.25) is 0 Å². The molecule has 0 atom stereocenters. The Kier molecular flexibility index (Phi) is 1.70. The zero-order valence-corrected chi connectivity index (χ0v) is 6.12. The molecule has 0 amide bonds. The fraction of sp³-hybridized carbons (Fsp3) is 0.429. The van der Waals surface area contributed by atoms with Crippen molar-refractivity contribution >= 4 is 0 Å². The van der Waals surface area contributed by atoms with Gasteiger partial charge in [-0.2, -0.15) is 13.2 Å². The summed E-state index contributed by atoms with van der Waals surface area (Å²) in [6.45, 7) is 2.79. The number of furan rings is 1. The fourth-order valence-electron chi connectivity index (χ4n) is 0.912. The third-order valence-corrected chi connectivity index (χ3v) is 1.35. The molecule has 1 aromatic rings. The van der Waals surface area contributed by atoms with Crippen molar-refractivity contribution in [3.05, 3.63) is 23.2 Å². The summed E-state index contributed by atoms with van der Waals surface area (Å²) in [6, 6.07) is 0.995. The molecule has 0 unspecified atom stereocenters. The molecule has 1 nitrogen and oxygen atoms in total. The largest absolute Gasteiger partial charge is 0.466 e. The van der Waals surface area contributed by atoms with Crippen LogP contribution in [0.2, 0.25) is 0 Å². The second-order valence-electron chi connectivity index (χ2n) is 2.32. The van der Waals surface area contributed by atoms with E-state index in [0.29, 0.717) is 0 Å². The molecule has 4 heteroatoms. The molecule has 0 fully saturated rings. The summed E-state index contributed by atoms with van der Waals surface area (Å²) in [6.07, 6.45) is -4.29. The average molecular weight is 164 g/mol. The molecule has 0 aliphatic heterocycles. The minimum Gasteiger partial charge on any atom is -0.466 e. The molecule has 0 spiro atoms. The predicted molar refractivity (Wildman–Crippen MR) is 33.2 cm³/mol. The zero-order valence-electron chi connectivity index (χ0n) is 6.12. The molecule has 62 valence electrons. The quantitative estimate of drug-likeness (QED) is 0.574. The van der Waals surface area contributed by atoms with Gasteiger partial charge in [-0.05, 0) is 19.9 Å². The van der Waals surface area contributed by atoms with Crippen molar-refractivity contribution < 1.29 is 17.6 Å². The molecule has 0 saturated carbocycles. The zero-order chi connectivity index (χ0) is 8.65. The van der Waals surface area contributed by atoms with E-state index in [1.165, 1.54) is 13.8 Å². The molecular weight excluding hydrogens is 157 g/mol. The number of halogens is 3. The SMILES string of the molecule is Cc1cc(C(F)(F)F)c(C)o1. The van der Waals surface area contributed by atoms with Gasteiger partial charge in [0.2, 0.25) is 0 Å². The molecule has 0 aromatic carbocycles.